The van der Waals surface area contributed by atoms with Crippen molar-refractivity contribution in [2.24, 2.45) is 7.05 Å². The number of ether oxygens (including phenoxy) is 2. The van der Waals surface area contributed by atoms with Crippen LogP contribution in [0, 0.1) is 0 Å². The van der Waals surface area contributed by atoms with Crippen LogP contribution in [0.4, 0.5) is 11.8 Å². The number of fused-ring (bicyclic) bond motifs is 1. The second-order valence-corrected chi connectivity index (χ2v) is 10.4. The number of hydrogen-bond acceptors (Lipinski definition) is 12. The highest BCUT2D eigenvalue weighted by Crippen LogP contribution is 2.29. The lowest BCUT2D eigenvalue weighted by Gasteiger charge is -2.28. The zero-order valence-electron chi connectivity index (χ0n) is 23.7. The highest BCUT2D eigenvalue weighted by Gasteiger charge is 2.23. The van der Waals surface area contributed by atoms with Gasteiger partial charge in [0.1, 0.15) is 5.82 Å². The van der Waals surface area contributed by atoms with Crippen LogP contribution in [0.15, 0.2) is 36.7 Å². The SMILES string of the molecule is CN(Cc1nc2c(N3CCOCC3)nc(-c3ccc(CN4CCOCC4)cc3)nc2n1C)c1ncc(C(=O)NO)cn1. The highest BCUT2D eigenvalue weighted by atomic mass is 16.5. The Bertz CT molecular complexity index is 1530. The number of morpholine rings is 2. The van der Waals surface area contributed by atoms with Gasteiger partial charge in [0.25, 0.3) is 5.91 Å². The first kappa shape index (κ1) is 27.9. The van der Waals surface area contributed by atoms with Gasteiger partial charge < -0.3 is 23.8 Å². The molecule has 2 fully saturated rings. The van der Waals surface area contributed by atoms with Gasteiger partial charge in [-0.05, 0) is 5.56 Å². The number of nitrogens with one attached hydrogen (secondary N) is 1. The minimum Gasteiger partial charge on any atom is -0.379 e. The van der Waals surface area contributed by atoms with Gasteiger partial charge in [0, 0.05) is 64.8 Å². The normalized spacial score (nSPS) is 16.1. The van der Waals surface area contributed by atoms with E-state index in [0.29, 0.717) is 31.5 Å². The third-order valence-electron chi connectivity index (χ3n) is 7.55. The lowest BCUT2D eigenvalue weighted by Crippen LogP contribution is -2.37. The Morgan fingerprint density at radius 2 is 1.64 bits per heavy atom. The lowest BCUT2D eigenvalue weighted by molar-refractivity contribution is 0.0342. The van der Waals surface area contributed by atoms with Crippen LogP contribution in [0.25, 0.3) is 22.6 Å². The van der Waals surface area contributed by atoms with Crippen LogP contribution < -0.4 is 15.3 Å². The number of anilines is 2. The summed E-state index contributed by atoms with van der Waals surface area (Å²) < 4.78 is 13.1. The van der Waals surface area contributed by atoms with E-state index >= 15 is 0 Å². The van der Waals surface area contributed by atoms with Crippen molar-refractivity contribution in [3.05, 3.63) is 53.6 Å². The van der Waals surface area contributed by atoms with Crippen LogP contribution in [-0.4, -0.2) is 105 Å². The van der Waals surface area contributed by atoms with Crippen LogP contribution in [0.2, 0.25) is 0 Å². The molecule has 0 aliphatic carbocycles. The summed E-state index contributed by atoms with van der Waals surface area (Å²) in [6.45, 7) is 7.43. The summed E-state index contributed by atoms with van der Waals surface area (Å²) in [7, 11) is 3.79. The molecule has 0 spiro atoms. The molecule has 4 aromatic rings. The third kappa shape index (κ3) is 5.87. The second kappa shape index (κ2) is 12.3. The topological polar surface area (TPSA) is 147 Å². The number of aryl methyl sites for hydroxylation is 1. The molecule has 0 saturated carbocycles. The van der Waals surface area contributed by atoms with Crippen LogP contribution >= 0.6 is 0 Å². The van der Waals surface area contributed by atoms with E-state index in [1.54, 1.807) is 5.48 Å². The average Bonchev–Trinajstić information content (AvgIpc) is 3.36. The first-order valence-corrected chi connectivity index (χ1v) is 13.9. The molecule has 14 nitrogen and oxygen atoms in total. The third-order valence-corrected chi connectivity index (χ3v) is 7.55. The Morgan fingerprint density at radius 1 is 0.976 bits per heavy atom. The van der Waals surface area contributed by atoms with Crippen molar-refractivity contribution < 1.29 is 19.5 Å². The molecule has 0 unspecified atom stereocenters. The van der Waals surface area contributed by atoms with E-state index in [0.717, 1.165) is 74.3 Å². The molecular formula is C28H34N10O4. The van der Waals surface area contributed by atoms with Gasteiger partial charge in [0.2, 0.25) is 5.95 Å². The zero-order valence-corrected chi connectivity index (χ0v) is 23.7. The molecular weight excluding hydrogens is 540 g/mol. The first-order chi connectivity index (χ1) is 20.5. The van der Waals surface area contributed by atoms with E-state index in [1.807, 2.05) is 23.6 Å². The molecule has 0 atom stereocenters. The summed E-state index contributed by atoms with van der Waals surface area (Å²) >= 11 is 0. The number of hydroxylamine groups is 1. The summed E-state index contributed by atoms with van der Waals surface area (Å²) in [4.78, 5) is 41.6. The number of amides is 1. The van der Waals surface area contributed by atoms with Gasteiger partial charge in [-0.1, -0.05) is 24.3 Å². The summed E-state index contributed by atoms with van der Waals surface area (Å²) in [6, 6.07) is 8.46. The molecule has 220 valence electrons. The Balaban J connectivity index is 1.30. The van der Waals surface area contributed by atoms with Crippen LogP contribution in [0.5, 0.6) is 0 Å². The number of nitrogens with zero attached hydrogens (tertiary/aromatic N) is 9. The van der Waals surface area contributed by atoms with E-state index in [4.69, 9.17) is 29.6 Å². The van der Waals surface area contributed by atoms with Crippen LogP contribution in [-0.2, 0) is 29.6 Å². The minimum absolute atomic E-state index is 0.157. The smallest absolute Gasteiger partial charge is 0.277 e. The van der Waals surface area contributed by atoms with E-state index in [-0.39, 0.29) is 5.56 Å². The molecule has 0 bridgehead atoms. The number of hydrogen-bond donors (Lipinski definition) is 2. The zero-order chi connectivity index (χ0) is 29.1. The van der Waals surface area contributed by atoms with E-state index < -0.39 is 5.91 Å². The maximum absolute atomic E-state index is 11.6. The van der Waals surface area contributed by atoms with Gasteiger partial charge >= 0.3 is 0 Å². The number of aromatic nitrogens is 6. The van der Waals surface area contributed by atoms with Crippen molar-refractivity contribution in [2.75, 3.05) is 69.5 Å². The molecule has 42 heavy (non-hydrogen) atoms. The van der Waals surface area contributed by atoms with Crippen molar-refractivity contribution >= 4 is 28.8 Å². The van der Waals surface area contributed by atoms with E-state index in [9.17, 15) is 4.79 Å². The number of benzene rings is 1. The Labute approximate surface area is 242 Å². The molecule has 1 amide bonds. The molecule has 2 N–H and O–H groups in total. The number of carbonyl (C=O) groups is 1. The molecule has 5 heterocycles. The highest BCUT2D eigenvalue weighted by molar-refractivity contribution is 5.92. The fourth-order valence-corrected chi connectivity index (χ4v) is 5.12. The predicted octanol–water partition coefficient (Wildman–Crippen LogP) is 1.24. The van der Waals surface area contributed by atoms with Gasteiger partial charge in [-0.25, -0.2) is 30.4 Å². The van der Waals surface area contributed by atoms with Gasteiger partial charge in [-0.3, -0.25) is 14.9 Å². The maximum atomic E-state index is 11.6. The monoisotopic (exact) mass is 574 g/mol. The van der Waals surface area contributed by atoms with Gasteiger partial charge in [-0.15, -0.1) is 0 Å². The molecule has 3 aromatic heterocycles. The Hall–Kier alpha value is -4.24. The van der Waals surface area contributed by atoms with Gasteiger partial charge in [0.15, 0.2) is 22.8 Å². The molecule has 14 heteroatoms. The van der Waals surface area contributed by atoms with Gasteiger partial charge in [0.05, 0.1) is 38.5 Å². The Kier molecular flexibility index (Phi) is 8.19. The summed E-state index contributed by atoms with van der Waals surface area (Å²) in [5.41, 5.74) is 5.39. The summed E-state index contributed by atoms with van der Waals surface area (Å²) in [6.07, 6.45) is 2.72. The number of carbonyl (C=O) groups excluding carboxylic acids is 1. The minimum atomic E-state index is -0.670. The summed E-state index contributed by atoms with van der Waals surface area (Å²) in [5.74, 6) is 1.93. The van der Waals surface area contributed by atoms with Crippen LogP contribution in [0.3, 0.4) is 0 Å². The quantitative estimate of drug-likeness (QED) is 0.231. The molecule has 1 aromatic carbocycles. The van der Waals surface area contributed by atoms with Crippen molar-refractivity contribution in [2.45, 2.75) is 13.1 Å². The fraction of sp³-hybridized carbons (Fsp3) is 0.429. The van der Waals surface area contributed by atoms with Gasteiger partial charge in [-0.2, -0.15) is 0 Å². The van der Waals surface area contributed by atoms with E-state index in [2.05, 4.69) is 44.0 Å². The summed E-state index contributed by atoms with van der Waals surface area (Å²) in [5, 5.41) is 8.84. The van der Waals surface area contributed by atoms with Crippen molar-refractivity contribution in [3.8, 4) is 11.4 Å². The van der Waals surface area contributed by atoms with E-state index in [1.165, 1.54) is 18.0 Å². The fourth-order valence-electron chi connectivity index (χ4n) is 5.12. The molecule has 0 radical (unpaired) electrons. The number of imidazole rings is 1. The standard InChI is InChI=1S/C28H34N10O4/c1-35(28-29-15-21(16-30-28)27(39)34-40)18-22-31-23-25(36(22)2)32-24(33-26(23)38-9-13-42-14-10-38)20-5-3-19(4-6-20)17-37-7-11-41-12-8-37/h3-6,15-16,40H,7-14,17-18H2,1-2H3,(H,34,39). The predicted molar refractivity (Wildman–Crippen MR) is 154 cm³/mol. The van der Waals surface area contributed by atoms with Crippen molar-refractivity contribution in [1.82, 2.24) is 39.9 Å². The molecule has 2 aliphatic rings. The molecule has 6 rings (SSSR count). The van der Waals surface area contributed by atoms with Crippen molar-refractivity contribution in [3.63, 3.8) is 0 Å². The van der Waals surface area contributed by atoms with Crippen molar-refractivity contribution in [1.29, 1.82) is 0 Å². The Morgan fingerprint density at radius 3 is 2.31 bits per heavy atom. The lowest BCUT2D eigenvalue weighted by atomic mass is 10.1. The van der Waals surface area contributed by atoms with Crippen LogP contribution in [0.1, 0.15) is 21.7 Å². The maximum Gasteiger partial charge on any atom is 0.277 e. The second-order valence-electron chi connectivity index (χ2n) is 10.4. The largest absolute Gasteiger partial charge is 0.379 e. The molecule has 2 aliphatic heterocycles. The average molecular weight is 575 g/mol. The first-order valence-electron chi connectivity index (χ1n) is 13.9. The number of rotatable bonds is 8. The molecule has 2 saturated heterocycles.